The Bertz CT molecular complexity index is 579. The highest BCUT2D eigenvalue weighted by Gasteiger charge is 2.61. The second-order valence-electron chi connectivity index (χ2n) is 4.59. The van der Waals surface area contributed by atoms with Crippen molar-refractivity contribution in [1.29, 1.82) is 0 Å². The van der Waals surface area contributed by atoms with Crippen LogP contribution in [0.1, 0.15) is 12.5 Å². The van der Waals surface area contributed by atoms with Gasteiger partial charge in [0.15, 0.2) is 0 Å². The largest absolute Gasteiger partial charge is 0.468 e. The van der Waals surface area contributed by atoms with Crippen LogP contribution in [0.5, 0.6) is 0 Å². The van der Waals surface area contributed by atoms with Gasteiger partial charge in [0.25, 0.3) is 0 Å². The van der Waals surface area contributed by atoms with E-state index in [1.165, 1.54) is 7.11 Å². The fourth-order valence-electron chi connectivity index (χ4n) is 1.82. The Kier molecular flexibility index (Phi) is 2.95. The number of methoxy groups -OCH3 is 1. The van der Waals surface area contributed by atoms with E-state index in [1.807, 2.05) is 6.92 Å². The van der Waals surface area contributed by atoms with Crippen LogP contribution in [0.25, 0.3) is 0 Å². The lowest BCUT2D eigenvalue weighted by atomic mass is 10.2. The summed E-state index contributed by atoms with van der Waals surface area (Å²) in [7, 11) is -2.36. The van der Waals surface area contributed by atoms with Crippen molar-refractivity contribution in [2.75, 3.05) is 13.7 Å². The third kappa shape index (κ3) is 1.91. The maximum Gasteiger partial charge on any atom is 0.328 e. The fraction of sp³-hybridized carbons (Fsp3) is 0.417. The highest BCUT2D eigenvalue weighted by atomic mass is 32.2. The summed E-state index contributed by atoms with van der Waals surface area (Å²) in [6, 6.07) is 6.54. The molecule has 1 aromatic rings. The zero-order valence-electron chi connectivity index (χ0n) is 10.5. The molecule has 2 rings (SSSR count). The molecule has 0 aliphatic carbocycles. The summed E-state index contributed by atoms with van der Waals surface area (Å²) in [5.74, 6) is -0.529. The molecule has 1 aliphatic rings. The highest BCUT2D eigenvalue weighted by molar-refractivity contribution is 7.89. The smallest absolute Gasteiger partial charge is 0.328 e. The van der Waals surface area contributed by atoms with Gasteiger partial charge in [-0.1, -0.05) is 17.7 Å². The summed E-state index contributed by atoms with van der Waals surface area (Å²) in [6.07, 6.45) is 0. The first-order chi connectivity index (χ1) is 8.32. The molecule has 6 heteroatoms. The molecule has 5 nitrogen and oxygen atoms in total. The van der Waals surface area contributed by atoms with Gasteiger partial charge in [-0.2, -0.15) is 4.31 Å². The minimum Gasteiger partial charge on any atom is -0.468 e. The van der Waals surface area contributed by atoms with Crippen LogP contribution in [-0.4, -0.2) is 37.9 Å². The highest BCUT2D eigenvalue weighted by Crippen LogP contribution is 2.39. The minimum absolute atomic E-state index is 0.163. The molecule has 0 radical (unpaired) electrons. The average Bonchev–Trinajstić information content (AvgIpc) is 3.03. The zero-order valence-corrected chi connectivity index (χ0v) is 11.3. The Hall–Kier alpha value is -1.40. The molecule has 0 amide bonds. The van der Waals surface area contributed by atoms with Gasteiger partial charge < -0.3 is 4.74 Å². The van der Waals surface area contributed by atoms with E-state index in [2.05, 4.69) is 4.74 Å². The Morgan fingerprint density at radius 1 is 1.33 bits per heavy atom. The van der Waals surface area contributed by atoms with Crippen molar-refractivity contribution >= 4 is 16.0 Å². The van der Waals surface area contributed by atoms with Gasteiger partial charge in [-0.15, -0.1) is 0 Å². The second kappa shape index (κ2) is 4.07. The number of esters is 1. The van der Waals surface area contributed by atoms with Crippen molar-refractivity contribution in [3.8, 4) is 0 Å². The maximum atomic E-state index is 12.3. The van der Waals surface area contributed by atoms with E-state index >= 15 is 0 Å². The number of carbonyl (C=O) groups is 1. The number of carbonyl (C=O) groups excluding carboxylic acids is 1. The lowest BCUT2D eigenvalue weighted by molar-refractivity contribution is -0.143. The topological polar surface area (TPSA) is 63.5 Å². The number of sulfonamides is 1. The van der Waals surface area contributed by atoms with E-state index < -0.39 is 21.5 Å². The molecule has 0 aromatic heterocycles. The fourth-order valence-corrected chi connectivity index (χ4v) is 3.58. The first-order valence-electron chi connectivity index (χ1n) is 5.50. The Morgan fingerprint density at radius 2 is 1.89 bits per heavy atom. The summed E-state index contributed by atoms with van der Waals surface area (Å²) in [6.45, 7) is 3.60. The van der Waals surface area contributed by atoms with Gasteiger partial charge in [-0.05, 0) is 26.0 Å². The number of benzene rings is 1. The monoisotopic (exact) mass is 269 g/mol. The third-order valence-electron chi connectivity index (χ3n) is 3.13. The standard InChI is InChI=1S/C12H15NO4S/c1-9-4-6-10(7-5-9)18(15,16)13-8-12(13,2)11(14)17-3/h4-7H,8H2,1-3H3. The van der Waals surface area contributed by atoms with E-state index in [0.717, 1.165) is 9.87 Å². The van der Waals surface area contributed by atoms with Crippen LogP contribution < -0.4 is 0 Å². The molecule has 1 aliphatic heterocycles. The number of hydrogen-bond acceptors (Lipinski definition) is 4. The molecule has 0 spiro atoms. The summed E-state index contributed by atoms with van der Waals surface area (Å²) < 4.78 is 30.3. The van der Waals surface area contributed by atoms with Crippen molar-refractivity contribution in [1.82, 2.24) is 4.31 Å². The van der Waals surface area contributed by atoms with Gasteiger partial charge in [0, 0.05) is 6.54 Å². The quantitative estimate of drug-likeness (QED) is 0.605. The van der Waals surface area contributed by atoms with Crippen LogP contribution in [0.2, 0.25) is 0 Å². The Morgan fingerprint density at radius 3 is 2.39 bits per heavy atom. The molecule has 0 saturated carbocycles. The molecule has 98 valence electrons. The van der Waals surface area contributed by atoms with Crippen LogP contribution in [0.15, 0.2) is 29.2 Å². The average molecular weight is 269 g/mol. The number of nitrogens with zero attached hydrogens (tertiary/aromatic N) is 1. The lowest BCUT2D eigenvalue weighted by Gasteiger charge is -2.11. The summed E-state index contributed by atoms with van der Waals surface area (Å²) in [5, 5.41) is 0. The molecule has 18 heavy (non-hydrogen) atoms. The SMILES string of the molecule is COC(=O)C1(C)CN1S(=O)(=O)c1ccc(C)cc1. The van der Waals surface area contributed by atoms with Crippen LogP contribution in [0.3, 0.4) is 0 Å². The molecule has 2 unspecified atom stereocenters. The molecule has 0 N–H and O–H groups in total. The van der Waals surface area contributed by atoms with Crippen molar-refractivity contribution in [3.05, 3.63) is 29.8 Å². The number of ether oxygens (including phenoxy) is 1. The predicted molar refractivity (Wildman–Crippen MR) is 65.5 cm³/mol. The predicted octanol–water partition coefficient (Wildman–Crippen LogP) is 0.931. The maximum absolute atomic E-state index is 12.3. The van der Waals surface area contributed by atoms with Crippen LogP contribution in [0.4, 0.5) is 0 Å². The van der Waals surface area contributed by atoms with Gasteiger partial charge >= 0.3 is 5.97 Å². The van der Waals surface area contributed by atoms with Gasteiger partial charge in [-0.3, -0.25) is 0 Å². The van der Waals surface area contributed by atoms with E-state index in [-0.39, 0.29) is 11.4 Å². The molecule has 1 aromatic carbocycles. The summed E-state index contributed by atoms with van der Waals surface area (Å²) in [5.41, 5.74) is -0.0752. The van der Waals surface area contributed by atoms with Gasteiger partial charge in [0.05, 0.1) is 12.0 Å². The Balaban J connectivity index is 2.30. The van der Waals surface area contributed by atoms with Crippen LogP contribution in [0, 0.1) is 6.92 Å². The Labute approximate surface area is 106 Å². The van der Waals surface area contributed by atoms with Gasteiger partial charge in [0.2, 0.25) is 10.0 Å². The first kappa shape index (κ1) is 13.0. The van der Waals surface area contributed by atoms with Crippen molar-refractivity contribution in [2.24, 2.45) is 0 Å². The van der Waals surface area contributed by atoms with Crippen molar-refractivity contribution < 1.29 is 17.9 Å². The van der Waals surface area contributed by atoms with Crippen molar-refractivity contribution in [2.45, 2.75) is 24.3 Å². The van der Waals surface area contributed by atoms with Gasteiger partial charge in [-0.25, -0.2) is 13.2 Å². The normalized spacial score (nSPS) is 26.7. The molecule has 0 bridgehead atoms. The second-order valence-corrected chi connectivity index (χ2v) is 6.45. The number of aryl methyl sites for hydroxylation is 1. The molecule has 2 atom stereocenters. The molecule has 1 heterocycles. The lowest BCUT2D eigenvalue weighted by Crippen LogP contribution is -2.30. The third-order valence-corrected chi connectivity index (χ3v) is 5.11. The van der Waals surface area contributed by atoms with E-state index in [1.54, 1.807) is 31.2 Å². The van der Waals surface area contributed by atoms with E-state index in [9.17, 15) is 13.2 Å². The molecule has 1 fully saturated rings. The van der Waals surface area contributed by atoms with Gasteiger partial charge in [0.1, 0.15) is 5.54 Å². The number of rotatable bonds is 3. The van der Waals surface area contributed by atoms with E-state index in [0.29, 0.717) is 0 Å². The summed E-state index contributed by atoms with van der Waals surface area (Å²) in [4.78, 5) is 11.7. The molecular formula is C12H15NO4S. The molecule has 1 saturated heterocycles. The minimum atomic E-state index is -3.61. The van der Waals surface area contributed by atoms with E-state index in [4.69, 9.17) is 0 Å². The first-order valence-corrected chi connectivity index (χ1v) is 6.94. The van der Waals surface area contributed by atoms with Crippen molar-refractivity contribution in [3.63, 3.8) is 0 Å². The van der Waals surface area contributed by atoms with Crippen LogP contribution >= 0.6 is 0 Å². The summed E-state index contributed by atoms with van der Waals surface area (Å²) >= 11 is 0. The zero-order chi connectivity index (χ0) is 13.6. The number of hydrogen-bond donors (Lipinski definition) is 0. The molecular weight excluding hydrogens is 254 g/mol. The van der Waals surface area contributed by atoms with Crippen LogP contribution in [-0.2, 0) is 19.6 Å².